The van der Waals surface area contributed by atoms with Crippen molar-refractivity contribution in [1.29, 1.82) is 0 Å². The van der Waals surface area contributed by atoms with Crippen LogP contribution in [-0.4, -0.2) is 18.1 Å². The minimum absolute atomic E-state index is 0.437. The summed E-state index contributed by atoms with van der Waals surface area (Å²) in [5.41, 5.74) is 7.76. The highest BCUT2D eigenvalue weighted by Gasteiger charge is 2.13. The Labute approximate surface area is 111 Å². The van der Waals surface area contributed by atoms with Crippen molar-refractivity contribution in [2.24, 2.45) is 5.73 Å². The van der Waals surface area contributed by atoms with Crippen molar-refractivity contribution in [3.8, 4) is 0 Å². The van der Waals surface area contributed by atoms with Crippen molar-refractivity contribution in [3.63, 3.8) is 0 Å². The van der Waals surface area contributed by atoms with Crippen molar-refractivity contribution in [3.05, 3.63) is 28.2 Å². The summed E-state index contributed by atoms with van der Waals surface area (Å²) in [6.07, 6.45) is 1.09. The second-order valence-electron chi connectivity index (χ2n) is 3.89. The van der Waals surface area contributed by atoms with E-state index >= 15 is 0 Å². The van der Waals surface area contributed by atoms with Gasteiger partial charge in [0.1, 0.15) is 4.99 Å². The normalized spacial score (nSPS) is 12.2. The van der Waals surface area contributed by atoms with Gasteiger partial charge in [0.05, 0.1) is 0 Å². The van der Waals surface area contributed by atoms with Gasteiger partial charge in [0.25, 0.3) is 0 Å². The summed E-state index contributed by atoms with van der Waals surface area (Å²) in [5.74, 6) is 0. The van der Waals surface area contributed by atoms with Crippen LogP contribution in [0.2, 0.25) is 0 Å². The monoisotopic (exact) mass is 300 g/mol. The Morgan fingerprint density at radius 2 is 2.19 bits per heavy atom. The zero-order valence-electron chi connectivity index (χ0n) is 9.83. The van der Waals surface area contributed by atoms with E-state index in [1.165, 1.54) is 0 Å². The van der Waals surface area contributed by atoms with E-state index in [0.29, 0.717) is 11.0 Å². The van der Waals surface area contributed by atoms with Gasteiger partial charge < -0.3 is 10.6 Å². The van der Waals surface area contributed by atoms with E-state index in [1.807, 2.05) is 18.2 Å². The van der Waals surface area contributed by atoms with Gasteiger partial charge in [-0.1, -0.05) is 35.1 Å². The number of benzene rings is 1. The summed E-state index contributed by atoms with van der Waals surface area (Å²) in [5, 5.41) is 0. The highest BCUT2D eigenvalue weighted by molar-refractivity contribution is 9.10. The molecule has 0 bridgehead atoms. The molecule has 0 fully saturated rings. The van der Waals surface area contributed by atoms with Gasteiger partial charge in [-0.05, 0) is 31.5 Å². The lowest BCUT2D eigenvalue weighted by atomic mass is 10.1. The molecule has 0 saturated heterocycles. The van der Waals surface area contributed by atoms with Gasteiger partial charge in [-0.25, -0.2) is 0 Å². The molecule has 1 unspecified atom stereocenters. The summed E-state index contributed by atoms with van der Waals surface area (Å²) in [6, 6.07) is 6.49. The number of halogens is 1. The van der Waals surface area contributed by atoms with Crippen LogP contribution in [0, 0.1) is 0 Å². The van der Waals surface area contributed by atoms with Gasteiger partial charge in [-0.2, -0.15) is 0 Å². The second-order valence-corrected chi connectivity index (χ2v) is 5.25. The maximum Gasteiger partial charge on any atom is 0.106 e. The third-order valence-electron chi connectivity index (χ3n) is 2.86. The topological polar surface area (TPSA) is 29.3 Å². The molecule has 1 atom stereocenters. The highest BCUT2D eigenvalue weighted by Crippen LogP contribution is 2.25. The van der Waals surface area contributed by atoms with Crippen LogP contribution in [0.4, 0.5) is 5.69 Å². The van der Waals surface area contributed by atoms with Crippen LogP contribution in [0.3, 0.4) is 0 Å². The number of hydrogen-bond acceptors (Lipinski definition) is 2. The standard InChI is InChI=1S/C12H17BrN2S/c1-4-8(2)15(3)11-6-5-9(13)7-10(11)12(14)16/h5-8H,4H2,1-3H3,(H2,14,16). The van der Waals surface area contributed by atoms with E-state index in [2.05, 4.69) is 41.7 Å². The smallest absolute Gasteiger partial charge is 0.106 e. The molecule has 0 aliphatic heterocycles. The predicted octanol–water partition coefficient (Wildman–Crippen LogP) is 3.32. The molecule has 0 aliphatic carbocycles. The molecule has 4 heteroatoms. The molecule has 0 amide bonds. The van der Waals surface area contributed by atoms with Crippen molar-refractivity contribution >= 4 is 38.8 Å². The quantitative estimate of drug-likeness (QED) is 0.865. The van der Waals surface area contributed by atoms with Gasteiger partial charge in [-0.15, -0.1) is 0 Å². The lowest BCUT2D eigenvalue weighted by molar-refractivity contribution is 0.663. The molecule has 1 aromatic carbocycles. The average Bonchev–Trinajstić information content (AvgIpc) is 2.26. The number of hydrogen-bond donors (Lipinski definition) is 1. The molecule has 0 aliphatic rings. The Hall–Kier alpha value is -0.610. The third kappa shape index (κ3) is 2.95. The average molecular weight is 301 g/mol. The Morgan fingerprint density at radius 3 is 2.69 bits per heavy atom. The van der Waals surface area contributed by atoms with Crippen molar-refractivity contribution < 1.29 is 0 Å². The lowest BCUT2D eigenvalue weighted by Crippen LogP contribution is -2.30. The first kappa shape index (κ1) is 13.5. The van der Waals surface area contributed by atoms with E-state index in [-0.39, 0.29) is 0 Å². The first-order valence-corrected chi connectivity index (χ1v) is 6.49. The summed E-state index contributed by atoms with van der Waals surface area (Å²) in [7, 11) is 2.07. The predicted molar refractivity (Wildman–Crippen MR) is 78.2 cm³/mol. The summed E-state index contributed by atoms with van der Waals surface area (Å²) in [6.45, 7) is 4.35. The van der Waals surface area contributed by atoms with Crippen molar-refractivity contribution in [2.45, 2.75) is 26.3 Å². The van der Waals surface area contributed by atoms with Gasteiger partial charge in [0, 0.05) is 28.8 Å². The fourth-order valence-corrected chi connectivity index (χ4v) is 2.05. The van der Waals surface area contributed by atoms with Crippen LogP contribution in [0.5, 0.6) is 0 Å². The molecule has 0 saturated carbocycles. The number of anilines is 1. The van der Waals surface area contributed by atoms with Crippen molar-refractivity contribution in [2.75, 3.05) is 11.9 Å². The van der Waals surface area contributed by atoms with Gasteiger partial charge >= 0.3 is 0 Å². The first-order valence-electron chi connectivity index (χ1n) is 5.29. The summed E-state index contributed by atoms with van der Waals surface area (Å²) in [4.78, 5) is 2.65. The maximum absolute atomic E-state index is 5.75. The molecule has 2 nitrogen and oxygen atoms in total. The molecule has 0 heterocycles. The van der Waals surface area contributed by atoms with Gasteiger partial charge in [0.15, 0.2) is 0 Å². The van der Waals surface area contributed by atoms with Crippen molar-refractivity contribution in [1.82, 2.24) is 0 Å². The Kier molecular flexibility index (Phi) is 4.74. The molecular formula is C12H17BrN2S. The molecule has 0 radical (unpaired) electrons. The SMILES string of the molecule is CCC(C)N(C)c1ccc(Br)cc1C(N)=S. The molecule has 88 valence electrons. The summed E-state index contributed by atoms with van der Waals surface area (Å²) >= 11 is 8.52. The Balaban J connectivity index is 3.17. The molecule has 1 rings (SSSR count). The first-order chi connectivity index (χ1) is 7.47. The van der Waals surface area contributed by atoms with Crippen LogP contribution in [0.1, 0.15) is 25.8 Å². The maximum atomic E-state index is 5.75. The Bertz CT molecular complexity index is 393. The molecular weight excluding hydrogens is 284 g/mol. The molecule has 0 spiro atoms. The largest absolute Gasteiger partial charge is 0.389 e. The van der Waals surface area contributed by atoms with Crippen LogP contribution in [-0.2, 0) is 0 Å². The molecule has 2 N–H and O–H groups in total. The van der Waals surface area contributed by atoms with E-state index in [1.54, 1.807) is 0 Å². The van der Waals surface area contributed by atoms with Crippen LogP contribution in [0.25, 0.3) is 0 Å². The van der Waals surface area contributed by atoms with E-state index in [9.17, 15) is 0 Å². The van der Waals surface area contributed by atoms with Gasteiger partial charge in [0.2, 0.25) is 0 Å². The molecule has 0 aromatic heterocycles. The molecule has 1 aromatic rings. The second kappa shape index (κ2) is 5.64. The zero-order valence-corrected chi connectivity index (χ0v) is 12.2. The fourth-order valence-electron chi connectivity index (χ4n) is 1.52. The Morgan fingerprint density at radius 1 is 1.56 bits per heavy atom. The number of rotatable bonds is 4. The fraction of sp³-hybridized carbons (Fsp3) is 0.417. The van der Waals surface area contributed by atoms with E-state index in [4.69, 9.17) is 18.0 Å². The minimum atomic E-state index is 0.437. The molecule has 16 heavy (non-hydrogen) atoms. The van der Waals surface area contributed by atoms with Crippen LogP contribution >= 0.6 is 28.1 Å². The van der Waals surface area contributed by atoms with E-state index < -0.39 is 0 Å². The van der Waals surface area contributed by atoms with Gasteiger partial charge in [-0.3, -0.25) is 0 Å². The minimum Gasteiger partial charge on any atom is -0.389 e. The summed E-state index contributed by atoms with van der Waals surface area (Å²) < 4.78 is 0.997. The van der Waals surface area contributed by atoms with Crippen LogP contribution in [0.15, 0.2) is 22.7 Å². The van der Waals surface area contributed by atoms with Crippen LogP contribution < -0.4 is 10.6 Å². The zero-order chi connectivity index (χ0) is 12.3. The number of nitrogens with zero attached hydrogens (tertiary/aromatic N) is 1. The third-order valence-corrected chi connectivity index (χ3v) is 3.57. The highest BCUT2D eigenvalue weighted by atomic mass is 79.9. The number of nitrogens with two attached hydrogens (primary N) is 1. The number of thiocarbonyl (C=S) groups is 1. The van der Waals surface area contributed by atoms with E-state index in [0.717, 1.165) is 22.1 Å². The lowest BCUT2D eigenvalue weighted by Gasteiger charge is -2.28.